The van der Waals surface area contributed by atoms with Gasteiger partial charge in [-0.2, -0.15) is 0 Å². The summed E-state index contributed by atoms with van der Waals surface area (Å²) in [5, 5.41) is 6.02. The van der Waals surface area contributed by atoms with Gasteiger partial charge in [-0.05, 0) is 25.5 Å². The highest BCUT2D eigenvalue weighted by Crippen LogP contribution is 1.93. The van der Waals surface area contributed by atoms with Gasteiger partial charge in [0.05, 0.1) is 6.54 Å². The molecule has 1 unspecified atom stereocenters. The van der Waals surface area contributed by atoms with Crippen LogP contribution in [0.5, 0.6) is 0 Å². The second kappa shape index (κ2) is 7.79. The van der Waals surface area contributed by atoms with Crippen molar-refractivity contribution in [1.29, 1.82) is 0 Å². The predicted molar refractivity (Wildman–Crippen MR) is 68.7 cm³/mol. The lowest BCUT2D eigenvalue weighted by atomic mass is 10.2. The number of carbonyl (C=O) groups excluding carboxylic acids is 1. The van der Waals surface area contributed by atoms with Gasteiger partial charge in [-0.15, -0.1) is 0 Å². The molecule has 0 radical (unpaired) electrons. The van der Waals surface area contributed by atoms with Gasteiger partial charge in [-0.25, -0.2) is 0 Å². The van der Waals surface area contributed by atoms with Gasteiger partial charge in [-0.3, -0.25) is 9.78 Å². The quantitative estimate of drug-likeness (QED) is 0.745. The smallest absolute Gasteiger partial charge is 0.233 e. The van der Waals surface area contributed by atoms with E-state index in [-0.39, 0.29) is 5.91 Å². The molecule has 0 aliphatic rings. The van der Waals surface area contributed by atoms with E-state index in [9.17, 15) is 4.79 Å². The predicted octanol–water partition coefficient (Wildman–Crippen LogP) is 1.13. The van der Waals surface area contributed by atoms with E-state index in [0.717, 1.165) is 18.5 Å². The van der Waals surface area contributed by atoms with Crippen LogP contribution in [0.2, 0.25) is 0 Å². The summed E-state index contributed by atoms with van der Waals surface area (Å²) in [6, 6.07) is 6.19. The Bertz CT molecular complexity index is 327. The lowest BCUT2D eigenvalue weighted by Crippen LogP contribution is -2.38. The molecule has 4 nitrogen and oxygen atoms in total. The van der Waals surface area contributed by atoms with Crippen molar-refractivity contribution in [3.8, 4) is 0 Å². The molecule has 1 heterocycles. The number of pyridine rings is 1. The summed E-state index contributed by atoms with van der Waals surface area (Å²) in [5.74, 6) is 0.0428. The van der Waals surface area contributed by atoms with Crippen molar-refractivity contribution in [3.63, 3.8) is 0 Å². The Morgan fingerprint density at radius 1 is 1.47 bits per heavy atom. The fourth-order valence-electron chi connectivity index (χ4n) is 1.35. The summed E-state index contributed by atoms with van der Waals surface area (Å²) >= 11 is 0. The van der Waals surface area contributed by atoms with Crippen LogP contribution in [0.25, 0.3) is 0 Å². The summed E-state index contributed by atoms with van der Waals surface area (Å²) in [5.41, 5.74) is 1.00. The Labute approximate surface area is 103 Å². The topological polar surface area (TPSA) is 54.0 Å². The summed E-state index contributed by atoms with van der Waals surface area (Å²) in [6.07, 6.45) is 3.57. The highest BCUT2D eigenvalue weighted by Gasteiger charge is 2.03. The summed E-state index contributed by atoms with van der Waals surface area (Å²) in [6.45, 7) is 5.19. The molecule has 0 bridgehead atoms. The zero-order valence-corrected chi connectivity index (χ0v) is 10.6. The van der Waals surface area contributed by atoms with Crippen LogP contribution in [0.3, 0.4) is 0 Å². The molecule has 0 aromatic carbocycles. The average molecular weight is 235 g/mol. The number of rotatable bonds is 7. The van der Waals surface area contributed by atoms with E-state index in [1.807, 2.05) is 18.2 Å². The van der Waals surface area contributed by atoms with Crippen LogP contribution < -0.4 is 10.6 Å². The minimum atomic E-state index is 0.0428. The maximum atomic E-state index is 11.5. The van der Waals surface area contributed by atoms with Crippen molar-refractivity contribution in [1.82, 2.24) is 15.6 Å². The molecule has 4 heteroatoms. The Balaban J connectivity index is 2.12. The summed E-state index contributed by atoms with van der Waals surface area (Å²) < 4.78 is 0. The van der Waals surface area contributed by atoms with Gasteiger partial charge in [0.15, 0.2) is 0 Å². The minimum absolute atomic E-state index is 0.0428. The van der Waals surface area contributed by atoms with E-state index in [1.165, 1.54) is 0 Å². The van der Waals surface area contributed by atoms with Crippen LogP contribution in [0.1, 0.15) is 26.0 Å². The molecular formula is C13H21N3O. The van der Waals surface area contributed by atoms with E-state index in [1.54, 1.807) is 6.20 Å². The number of hydrogen-bond acceptors (Lipinski definition) is 3. The number of nitrogens with one attached hydrogen (secondary N) is 2. The first-order chi connectivity index (χ1) is 8.22. The van der Waals surface area contributed by atoms with Crippen molar-refractivity contribution in [2.75, 3.05) is 13.1 Å². The lowest BCUT2D eigenvalue weighted by molar-refractivity contribution is -0.120. The third-order valence-corrected chi connectivity index (χ3v) is 2.65. The normalized spacial score (nSPS) is 12.1. The third-order valence-electron chi connectivity index (χ3n) is 2.65. The van der Waals surface area contributed by atoms with Crippen LogP contribution in [0, 0.1) is 0 Å². The van der Waals surface area contributed by atoms with Gasteiger partial charge in [0.2, 0.25) is 5.91 Å². The van der Waals surface area contributed by atoms with Crippen molar-refractivity contribution in [2.45, 2.75) is 32.7 Å². The summed E-state index contributed by atoms with van der Waals surface area (Å²) in [4.78, 5) is 15.7. The molecule has 0 saturated heterocycles. The maximum absolute atomic E-state index is 11.5. The van der Waals surface area contributed by atoms with Gasteiger partial charge < -0.3 is 10.6 Å². The van der Waals surface area contributed by atoms with Gasteiger partial charge >= 0.3 is 0 Å². The monoisotopic (exact) mass is 235 g/mol. The third kappa shape index (κ3) is 6.02. The van der Waals surface area contributed by atoms with E-state index < -0.39 is 0 Å². The Hall–Kier alpha value is -1.42. The van der Waals surface area contributed by atoms with Crippen molar-refractivity contribution >= 4 is 5.91 Å². The van der Waals surface area contributed by atoms with Crippen molar-refractivity contribution in [2.24, 2.45) is 0 Å². The highest BCUT2D eigenvalue weighted by atomic mass is 16.1. The average Bonchev–Trinajstić information content (AvgIpc) is 2.37. The zero-order chi connectivity index (χ0) is 12.5. The van der Waals surface area contributed by atoms with Crippen molar-refractivity contribution < 1.29 is 4.79 Å². The maximum Gasteiger partial charge on any atom is 0.233 e. The molecule has 2 N–H and O–H groups in total. The molecular weight excluding hydrogens is 214 g/mol. The molecule has 1 amide bonds. The first-order valence-electron chi connectivity index (χ1n) is 6.12. The van der Waals surface area contributed by atoms with Crippen LogP contribution in [-0.2, 0) is 11.2 Å². The number of amides is 1. The molecule has 0 spiro atoms. The molecule has 0 aliphatic carbocycles. The molecule has 1 aromatic heterocycles. The molecule has 0 saturated carbocycles. The molecule has 1 aromatic rings. The number of aromatic nitrogens is 1. The zero-order valence-electron chi connectivity index (χ0n) is 10.6. The standard InChI is InChI=1S/C13H21N3O/c1-3-11(2)16-10-13(17)15-9-7-12-6-4-5-8-14-12/h4-6,8,11,16H,3,7,9-10H2,1-2H3,(H,15,17). The molecule has 0 fully saturated rings. The first kappa shape index (κ1) is 13.6. The van der Waals surface area contributed by atoms with Crippen LogP contribution in [-0.4, -0.2) is 30.0 Å². The molecule has 94 valence electrons. The van der Waals surface area contributed by atoms with Crippen LogP contribution >= 0.6 is 0 Å². The van der Waals surface area contributed by atoms with Gasteiger partial charge in [0, 0.05) is 30.9 Å². The summed E-state index contributed by atoms with van der Waals surface area (Å²) in [7, 11) is 0. The Kier molecular flexibility index (Phi) is 6.25. The van der Waals surface area contributed by atoms with Gasteiger partial charge in [0.25, 0.3) is 0 Å². The molecule has 0 aliphatic heterocycles. The van der Waals surface area contributed by atoms with E-state index in [0.29, 0.717) is 19.1 Å². The van der Waals surface area contributed by atoms with Crippen LogP contribution in [0.15, 0.2) is 24.4 Å². The SMILES string of the molecule is CCC(C)NCC(=O)NCCc1ccccn1. The Morgan fingerprint density at radius 3 is 2.94 bits per heavy atom. The van der Waals surface area contributed by atoms with Gasteiger partial charge in [-0.1, -0.05) is 13.0 Å². The van der Waals surface area contributed by atoms with Gasteiger partial charge in [0.1, 0.15) is 0 Å². The second-order valence-electron chi connectivity index (χ2n) is 4.11. The fraction of sp³-hybridized carbons (Fsp3) is 0.538. The second-order valence-corrected chi connectivity index (χ2v) is 4.11. The largest absolute Gasteiger partial charge is 0.355 e. The van der Waals surface area contributed by atoms with E-state index in [2.05, 4.69) is 29.5 Å². The van der Waals surface area contributed by atoms with Crippen LogP contribution in [0.4, 0.5) is 0 Å². The Morgan fingerprint density at radius 2 is 2.29 bits per heavy atom. The number of nitrogens with zero attached hydrogens (tertiary/aromatic N) is 1. The van der Waals surface area contributed by atoms with E-state index >= 15 is 0 Å². The molecule has 1 rings (SSSR count). The highest BCUT2D eigenvalue weighted by molar-refractivity contribution is 5.77. The minimum Gasteiger partial charge on any atom is -0.355 e. The number of carbonyl (C=O) groups is 1. The van der Waals surface area contributed by atoms with Crippen molar-refractivity contribution in [3.05, 3.63) is 30.1 Å². The fourth-order valence-corrected chi connectivity index (χ4v) is 1.35. The lowest BCUT2D eigenvalue weighted by Gasteiger charge is -2.11. The molecule has 17 heavy (non-hydrogen) atoms. The molecule has 1 atom stereocenters. The number of hydrogen-bond donors (Lipinski definition) is 2. The van der Waals surface area contributed by atoms with E-state index in [4.69, 9.17) is 0 Å². The first-order valence-corrected chi connectivity index (χ1v) is 6.12.